The van der Waals surface area contributed by atoms with Crippen molar-refractivity contribution in [3.8, 4) is 0 Å². The first-order valence-corrected chi connectivity index (χ1v) is 8.34. The molecule has 3 fully saturated rings. The zero-order chi connectivity index (χ0) is 15.3. The van der Waals surface area contributed by atoms with Crippen LogP contribution in [0.1, 0.15) is 52.9 Å². The van der Waals surface area contributed by atoms with Crippen molar-refractivity contribution in [2.24, 2.45) is 16.7 Å². The van der Waals surface area contributed by atoms with Crippen LogP contribution in [-0.2, 0) is 14.3 Å². The molecular formula is C17H29NO3. The molecule has 0 aromatic heterocycles. The molecule has 1 N–H and O–H groups in total. The molecule has 0 heterocycles. The number of hydrogen-bond donors (Lipinski definition) is 1. The molecule has 0 aliphatic heterocycles. The first-order chi connectivity index (χ1) is 9.88. The van der Waals surface area contributed by atoms with Gasteiger partial charge in [0, 0.05) is 6.04 Å². The van der Waals surface area contributed by atoms with Gasteiger partial charge in [0.2, 0.25) is 0 Å². The van der Waals surface area contributed by atoms with E-state index in [0.717, 1.165) is 25.2 Å². The van der Waals surface area contributed by atoms with Crippen molar-refractivity contribution in [3.63, 3.8) is 0 Å². The lowest BCUT2D eigenvalue weighted by Crippen LogP contribution is -2.45. The Labute approximate surface area is 127 Å². The highest BCUT2D eigenvalue weighted by atomic mass is 16.5. The van der Waals surface area contributed by atoms with Gasteiger partial charge in [0.15, 0.2) is 0 Å². The van der Waals surface area contributed by atoms with E-state index in [2.05, 4.69) is 26.1 Å². The minimum Gasteiger partial charge on any atom is -0.468 e. The zero-order valence-corrected chi connectivity index (χ0v) is 13.8. The van der Waals surface area contributed by atoms with Gasteiger partial charge in [-0.3, -0.25) is 10.1 Å². The van der Waals surface area contributed by atoms with Crippen molar-refractivity contribution >= 4 is 5.97 Å². The van der Waals surface area contributed by atoms with Crippen molar-refractivity contribution < 1.29 is 14.3 Å². The maximum Gasteiger partial charge on any atom is 0.325 e. The second-order valence-corrected chi connectivity index (χ2v) is 7.95. The van der Waals surface area contributed by atoms with Crippen LogP contribution in [0.25, 0.3) is 0 Å². The molecule has 0 saturated heterocycles. The molecule has 2 bridgehead atoms. The predicted molar refractivity (Wildman–Crippen MR) is 80.9 cm³/mol. The van der Waals surface area contributed by atoms with Crippen molar-refractivity contribution in [1.29, 1.82) is 0 Å². The number of esters is 1. The number of hydrogen-bond acceptors (Lipinski definition) is 4. The first kappa shape index (κ1) is 15.3. The quantitative estimate of drug-likeness (QED) is 0.765. The summed E-state index contributed by atoms with van der Waals surface area (Å²) < 4.78 is 11.1. The normalized spacial score (nSPS) is 38.5. The molecule has 3 rings (SSSR count). The third-order valence-corrected chi connectivity index (χ3v) is 6.68. The summed E-state index contributed by atoms with van der Waals surface area (Å²) in [5.74, 6) is 0.565. The summed E-state index contributed by atoms with van der Waals surface area (Å²) in [4.78, 5) is 11.9. The smallest absolute Gasteiger partial charge is 0.325 e. The van der Waals surface area contributed by atoms with E-state index in [4.69, 9.17) is 9.47 Å². The number of fused-ring (bicyclic) bond motifs is 2. The number of nitrogens with one attached hydrogen (secondary N) is 1. The van der Waals surface area contributed by atoms with Gasteiger partial charge in [-0.25, -0.2) is 0 Å². The summed E-state index contributed by atoms with van der Waals surface area (Å²) in [5, 5.41) is 3.34. The molecule has 3 aliphatic rings. The lowest BCUT2D eigenvalue weighted by molar-refractivity contribution is -0.147. The van der Waals surface area contributed by atoms with Gasteiger partial charge in [0.1, 0.15) is 6.04 Å². The van der Waals surface area contributed by atoms with E-state index in [1.165, 1.54) is 20.0 Å². The Hall–Kier alpha value is -0.610. The SMILES string of the molecule is COC(=O)C(COC1CC2CCC1(C)C2(C)C)NC1CC1. The fraction of sp³-hybridized carbons (Fsp3) is 0.941. The summed E-state index contributed by atoms with van der Waals surface area (Å²) in [6.45, 7) is 7.57. The monoisotopic (exact) mass is 295 g/mol. The zero-order valence-electron chi connectivity index (χ0n) is 13.8. The molecule has 3 saturated carbocycles. The Balaban J connectivity index is 1.60. The lowest BCUT2D eigenvalue weighted by atomic mass is 9.70. The molecule has 4 atom stereocenters. The highest BCUT2D eigenvalue weighted by Gasteiger charge is 2.61. The number of carbonyl (C=O) groups excluding carboxylic acids is 1. The van der Waals surface area contributed by atoms with E-state index in [9.17, 15) is 4.79 Å². The van der Waals surface area contributed by atoms with Crippen LogP contribution in [0.15, 0.2) is 0 Å². The van der Waals surface area contributed by atoms with E-state index < -0.39 is 0 Å². The van der Waals surface area contributed by atoms with Crippen molar-refractivity contribution in [2.45, 2.75) is 71.1 Å². The first-order valence-electron chi connectivity index (χ1n) is 8.34. The standard InChI is InChI=1S/C17H29NO3/c1-16(2)11-7-8-17(16,3)14(9-11)21-10-13(15(19)20-4)18-12-5-6-12/h11-14,18H,5-10H2,1-4H3. The highest BCUT2D eigenvalue weighted by molar-refractivity contribution is 5.75. The number of rotatable bonds is 6. The van der Waals surface area contributed by atoms with Crippen LogP contribution in [0.3, 0.4) is 0 Å². The molecule has 21 heavy (non-hydrogen) atoms. The average Bonchev–Trinajstić information content (AvgIpc) is 3.21. The van der Waals surface area contributed by atoms with E-state index in [0.29, 0.717) is 18.1 Å². The van der Waals surface area contributed by atoms with Crippen LogP contribution < -0.4 is 5.32 Å². The van der Waals surface area contributed by atoms with Gasteiger partial charge in [-0.05, 0) is 48.9 Å². The molecule has 120 valence electrons. The molecular weight excluding hydrogens is 266 g/mol. The van der Waals surface area contributed by atoms with Gasteiger partial charge in [-0.1, -0.05) is 20.8 Å². The van der Waals surface area contributed by atoms with E-state index >= 15 is 0 Å². The lowest BCUT2D eigenvalue weighted by Gasteiger charge is -2.39. The molecule has 0 spiro atoms. The van der Waals surface area contributed by atoms with Gasteiger partial charge in [-0.2, -0.15) is 0 Å². The summed E-state index contributed by atoms with van der Waals surface area (Å²) in [7, 11) is 1.45. The van der Waals surface area contributed by atoms with Gasteiger partial charge >= 0.3 is 5.97 Å². The van der Waals surface area contributed by atoms with Crippen molar-refractivity contribution in [2.75, 3.05) is 13.7 Å². The van der Waals surface area contributed by atoms with Crippen LogP contribution in [0.2, 0.25) is 0 Å². The second kappa shape index (κ2) is 5.24. The largest absolute Gasteiger partial charge is 0.468 e. The molecule has 0 radical (unpaired) electrons. The fourth-order valence-electron chi connectivity index (χ4n) is 4.46. The molecule has 4 nitrogen and oxygen atoms in total. The Morgan fingerprint density at radius 2 is 2.00 bits per heavy atom. The number of carbonyl (C=O) groups is 1. The summed E-state index contributed by atoms with van der Waals surface area (Å²) >= 11 is 0. The summed E-state index contributed by atoms with van der Waals surface area (Å²) in [6.07, 6.45) is 6.30. The Morgan fingerprint density at radius 1 is 1.29 bits per heavy atom. The second-order valence-electron chi connectivity index (χ2n) is 7.95. The van der Waals surface area contributed by atoms with Gasteiger partial charge < -0.3 is 9.47 Å². The predicted octanol–water partition coefficient (Wildman–Crippen LogP) is 2.51. The Kier molecular flexibility index (Phi) is 3.81. The molecule has 0 amide bonds. The van der Waals surface area contributed by atoms with Gasteiger partial charge in [0.25, 0.3) is 0 Å². The Morgan fingerprint density at radius 3 is 2.48 bits per heavy atom. The van der Waals surface area contributed by atoms with Crippen LogP contribution in [-0.4, -0.2) is 37.9 Å². The highest BCUT2D eigenvalue weighted by Crippen LogP contribution is 2.66. The van der Waals surface area contributed by atoms with Crippen LogP contribution in [0, 0.1) is 16.7 Å². The van der Waals surface area contributed by atoms with Gasteiger partial charge in [-0.15, -0.1) is 0 Å². The molecule has 4 heteroatoms. The number of ether oxygens (including phenoxy) is 2. The van der Waals surface area contributed by atoms with E-state index in [1.54, 1.807) is 0 Å². The maximum absolute atomic E-state index is 11.9. The summed E-state index contributed by atoms with van der Waals surface area (Å²) in [5.41, 5.74) is 0.597. The molecule has 0 aromatic rings. The van der Waals surface area contributed by atoms with E-state index in [1.807, 2.05) is 0 Å². The average molecular weight is 295 g/mol. The third kappa shape index (κ3) is 2.50. The maximum atomic E-state index is 11.9. The topological polar surface area (TPSA) is 47.6 Å². The van der Waals surface area contributed by atoms with Gasteiger partial charge in [0.05, 0.1) is 19.8 Å². The minimum absolute atomic E-state index is 0.200. The molecule has 4 unspecified atom stereocenters. The fourth-order valence-corrected chi connectivity index (χ4v) is 4.46. The number of methoxy groups -OCH3 is 1. The van der Waals surface area contributed by atoms with Crippen LogP contribution >= 0.6 is 0 Å². The summed E-state index contributed by atoms with van der Waals surface area (Å²) in [6, 6.07) is 0.165. The minimum atomic E-state index is -0.312. The van der Waals surface area contributed by atoms with Crippen molar-refractivity contribution in [1.82, 2.24) is 5.32 Å². The van der Waals surface area contributed by atoms with Crippen molar-refractivity contribution in [3.05, 3.63) is 0 Å². The van der Waals surface area contributed by atoms with Crippen LogP contribution in [0.4, 0.5) is 0 Å². The molecule has 3 aliphatic carbocycles. The Bertz CT molecular complexity index is 418. The molecule has 0 aromatic carbocycles. The van der Waals surface area contributed by atoms with E-state index in [-0.39, 0.29) is 23.5 Å². The van der Waals surface area contributed by atoms with Crippen LogP contribution in [0.5, 0.6) is 0 Å². The third-order valence-electron chi connectivity index (χ3n) is 6.68.